The summed E-state index contributed by atoms with van der Waals surface area (Å²) in [5.74, 6) is 0.856. The van der Waals surface area contributed by atoms with E-state index in [0.717, 1.165) is 12.0 Å². The largest absolute Gasteiger partial charge is 0.312 e. The Morgan fingerprint density at radius 2 is 1.56 bits per heavy atom. The van der Waals surface area contributed by atoms with Gasteiger partial charge in [-0.1, -0.05) is 53.4 Å². The van der Waals surface area contributed by atoms with Crippen molar-refractivity contribution in [3.05, 3.63) is 0 Å². The summed E-state index contributed by atoms with van der Waals surface area (Å²) < 4.78 is 0. The third-order valence-corrected chi connectivity index (χ3v) is 3.34. The Labute approximate surface area is 103 Å². The van der Waals surface area contributed by atoms with Gasteiger partial charge in [0.1, 0.15) is 0 Å². The lowest BCUT2D eigenvalue weighted by atomic mass is 10.0. The van der Waals surface area contributed by atoms with Crippen LogP contribution in [0.2, 0.25) is 0 Å². The summed E-state index contributed by atoms with van der Waals surface area (Å²) in [5.41, 5.74) is 0. The van der Waals surface area contributed by atoms with E-state index in [1.54, 1.807) is 0 Å². The molecule has 16 heavy (non-hydrogen) atoms. The lowest BCUT2D eigenvalue weighted by Gasteiger charge is -2.22. The maximum atomic E-state index is 3.78. The van der Waals surface area contributed by atoms with E-state index >= 15 is 0 Å². The van der Waals surface area contributed by atoms with Crippen molar-refractivity contribution in [3.8, 4) is 0 Å². The molecule has 0 saturated carbocycles. The van der Waals surface area contributed by atoms with Crippen LogP contribution in [-0.4, -0.2) is 12.1 Å². The fourth-order valence-electron chi connectivity index (χ4n) is 2.17. The highest BCUT2D eigenvalue weighted by Crippen LogP contribution is 2.11. The monoisotopic (exact) mass is 227 g/mol. The number of rotatable bonds is 10. The van der Waals surface area contributed by atoms with Crippen molar-refractivity contribution in [3.63, 3.8) is 0 Å². The molecule has 0 heterocycles. The molecule has 0 aromatic carbocycles. The maximum absolute atomic E-state index is 3.78. The van der Waals surface area contributed by atoms with Gasteiger partial charge in [-0.2, -0.15) is 0 Å². The first kappa shape index (κ1) is 16.0. The number of hydrogen-bond donors (Lipinski definition) is 1. The van der Waals surface area contributed by atoms with Gasteiger partial charge in [0.2, 0.25) is 0 Å². The van der Waals surface area contributed by atoms with E-state index in [1.165, 1.54) is 44.9 Å². The fourth-order valence-corrected chi connectivity index (χ4v) is 2.17. The first-order valence-electron chi connectivity index (χ1n) is 7.36. The Hall–Kier alpha value is -0.0400. The molecule has 0 spiro atoms. The van der Waals surface area contributed by atoms with E-state index in [2.05, 4.69) is 39.9 Å². The van der Waals surface area contributed by atoms with Crippen molar-refractivity contribution in [1.29, 1.82) is 0 Å². The quantitative estimate of drug-likeness (QED) is 0.567. The van der Waals surface area contributed by atoms with Gasteiger partial charge in [-0.05, 0) is 32.1 Å². The van der Waals surface area contributed by atoms with Crippen LogP contribution in [0.4, 0.5) is 0 Å². The van der Waals surface area contributed by atoms with Gasteiger partial charge in [-0.15, -0.1) is 0 Å². The maximum Gasteiger partial charge on any atom is 0.00669 e. The molecule has 2 atom stereocenters. The summed E-state index contributed by atoms with van der Waals surface area (Å²) in [6.45, 7) is 11.5. The van der Waals surface area contributed by atoms with Crippen molar-refractivity contribution in [2.24, 2.45) is 5.92 Å². The molecule has 0 aliphatic heterocycles. The number of hydrogen-bond acceptors (Lipinski definition) is 1. The second kappa shape index (κ2) is 10.1. The molecule has 0 bridgehead atoms. The Morgan fingerprint density at radius 1 is 0.875 bits per heavy atom. The van der Waals surface area contributed by atoms with Crippen LogP contribution in [-0.2, 0) is 0 Å². The van der Waals surface area contributed by atoms with Gasteiger partial charge in [0, 0.05) is 12.1 Å². The zero-order valence-corrected chi connectivity index (χ0v) is 12.2. The highest BCUT2D eigenvalue weighted by atomic mass is 14.9. The molecule has 0 saturated heterocycles. The Balaban J connectivity index is 3.60. The summed E-state index contributed by atoms with van der Waals surface area (Å²) in [5, 5.41) is 3.78. The molecule has 1 heteroatoms. The van der Waals surface area contributed by atoms with E-state index in [-0.39, 0.29) is 0 Å². The van der Waals surface area contributed by atoms with Gasteiger partial charge < -0.3 is 5.32 Å². The summed E-state index contributed by atoms with van der Waals surface area (Å²) >= 11 is 0. The Bertz CT molecular complexity index is 142. The van der Waals surface area contributed by atoms with Gasteiger partial charge in [-0.25, -0.2) is 0 Å². The molecule has 0 aromatic heterocycles. The van der Waals surface area contributed by atoms with Crippen LogP contribution in [0.15, 0.2) is 0 Å². The Morgan fingerprint density at radius 3 is 2.06 bits per heavy atom. The van der Waals surface area contributed by atoms with Crippen molar-refractivity contribution in [1.82, 2.24) is 5.32 Å². The first-order valence-corrected chi connectivity index (χ1v) is 7.36. The predicted octanol–water partition coefficient (Wildman–Crippen LogP) is 4.76. The van der Waals surface area contributed by atoms with E-state index in [0.29, 0.717) is 6.04 Å². The van der Waals surface area contributed by atoms with E-state index in [4.69, 9.17) is 0 Å². The van der Waals surface area contributed by atoms with Gasteiger partial charge in [-0.3, -0.25) is 0 Å². The Kier molecular flexibility index (Phi) is 10.1. The van der Waals surface area contributed by atoms with Crippen LogP contribution in [0.1, 0.15) is 79.6 Å². The highest BCUT2D eigenvalue weighted by Gasteiger charge is 2.09. The molecule has 0 aromatic rings. The van der Waals surface area contributed by atoms with Crippen LogP contribution >= 0.6 is 0 Å². The van der Waals surface area contributed by atoms with Crippen LogP contribution in [0.3, 0.4) is 0 Å². The minimum Gasteiger partial charge on any atom is -0.312 e. The molecule has 98 valence electrons. The predicted molar refractivity (Wildman–Crippen MR) is 74.9 cm³/mol. The molecular formula is C15H33N. The summed E-state index contributed by atoms with van der Waals surface area (Å²) in [6.07, 6.45) is 9.38. The molecule has 0 radical (unpaired) electrons. The van der Waals surface area contributed by atoms with Crippen LogP contribution in [0, 0.1) is 5.92 Å². The van der Waals surface area contributed by atoms with Gasteiger partial charge >= 0.3 is 0 Å². The van der Waals surface area contributed by atoms with Crippen LogP contribution < -0.4 is 5.32 Å². The molecule has 0 amide bonds. The number of unbranched alkanes of at least 4 members (excludes halogenated alkanes) is 1. The summed E-state index contributed by atoms with van der Waals surface area (Å²) in [7, 11) is 0. The second-order valence-corrected chi connectivity index (χ2v) is 5.64. The third kappa shape index (κ3) is 9.21. The zero-order chi connectivity index (χ0) is 12.4. The van der Waals surface area contributed by atoms with Crippen LogP contribution in [0.25, 0.3) is 0 Å². The molecule has 0 fully saturated rings. The van der Waals surface area contributed by atoms with Crippen LogP contribution in [0.5, 0.6) is 0 Å². The molecule has 2 unspecified atom stereocenters. The second-order valence-electron chi connectivity index (χ2n) is 5.64. The lowest BCUT2D eigenvalue weighted by Crippen LogP contribution is -2.36. The lowest BCUT2D eigenvalue weighted by molar-refractivity contribution is 0.377. The highest BCUT2D eigenvalue weighted by molar-refractivity contribution is 4.70. The SMILES string of the molecule is CCCCC(CC)NC(C)CCCC(C)C. The molecular weight excluding hydrogens is 194 g/mol. The topological polar surface area (TPSA) is 12.0 Å². The van der Waals surface area contributed by atoms with Crippen molar-refractivity contribution >= 4 is 0 Å². The van der Waals surface area contributed by atoms with E-state index in [9.17, 15) is 0 Å². The first-order chi connectivity index (χ1) is 7.60. The van der Waals surface area contributed by atoms with Gasteiger partial charge in [0.05, 0.1) is 0 Å². The van der Waals surface area contributed by atoms with Gasteiger partial charge in [0.25, 0.3) is 0 Å². The van der Waals surface area contributed by atoms with Crippen molar-refractivity contribution < 1.29 is 0 Å². The van der Waals surface area contributed by atoms with E-state index in [1.807, 2.05) is 0 Å². The average molecular weight is 227 g/mol. The normalized spacial score (nSPS) is 15.4. The number of nitrogens with one attached hydrogen (secondary N) is 1. The van der Waals surface area contributed by atoms with Crippen molar-refractivity contribution in [2.45, 2.75) is 91.6 Å². The minimum absolute atomic E-state index is 0.695. The summed E-state index contributed by atoms with van der Waals surface area (Å²) in [6, 6.07) is 1.44. The molecule has 1 nitrogen and oxygen atoms in total. The molecule has 0 aliphatic carbocycles. The van der Waals surface area contributed by atoms with Gasteiger partial charge in [0.15, 0.2) is 0 Å². The standard InChI is InChI=1S/C15H33N/c1-6-8-12-15(7-2)16-14(5)11-9-10-13(3)4/h13-16H,6-12H2,1-5H3. The molecule has 0 aliphatic rings. The van der Waals surface area contributed by atoms with Crippen molar-refractivity contribution in [2.75, 3.05) is 0 Å². The zero-order valence-electron chi connectivity index (χ0n) is 12.2. The average Bonchev–Trinajstić information content (AvgIpc) is 2.23. The molecule has 0 rings (SSSR count). The fraction of sp³-hybridized carbons (Fsp3) is 1.00. The summed E-state index contributed by atoms with van der Waals surface area (Å²) in [4.78, 5) is 0. The smallest absolute Gasteiger partial charge is 0.00669 e. The molecule has 1 N–H and O–H groups in total. The van der Waals surface area contributed by atoms with E-state index < -0.39 is 0 Å². The third-order valence-electron chi connectivity index (χ3n) is 3.34. The minimum atomic E-state index is 0.695.